The van der Waals surface area contributed by atoms with E-state index < -0.39 is 0 Å². The summed E-state index contributed by atoms with van der Waals surface area (Å²) >= 11 is 11.4. The fraction of sp³-hybridized carbons (Fsp3) is 0.364. The molecule has 0 fully saturated rings. The monoisotopic (exact) mass is 333 g/mol. The summed E-state index contributed by atoms with van der Waals surface area (Å²) in [5.41, 5.74) is 0.871. The van der Waals surface area contributed by atoms with E-state index in [0.717, 1.165) is 33.8 Å². The Morgan fingerprint density at radius 3 is 2.94 bits per heavy atom. The van der Waals surface area contributed by atoms with Gasteiger partial charge in [0.15, 0.2) is 0 Å². The average molecular weight is 335 g/mol. The van der Waals surface area contributed by atoms with Gasteiger partial charge in [0, 0.05) is 29.9 Å². The third kappa shape index (κ3) is 2.73. The van der Waals surface area contributed by atoms with Gasteiger partial charge in [0.25, 0.3) is 0 Å². The molecule has 2 rings (SSSR count). The summed E-state index contributed by atoms with van der Waals surface area (Å²) in [4.78, 5) is 5.70. The average Bonchev–Trinajstić information content (AvgIpc) is 2.84. The minimum Gasteiger partial charge on any atom is -0.322 e. The lowest BCUT2D eigenvalue weighted by molar-refractivity contribution is 0.718. The molecule has 0 aliphatic carbocycles. The Labute approximate surface area is 118 Å². The largest absolute Gasteiger partial charge is 0.322 e. The minimum atomic E-state index is 0.699. The van der Waals surface area contributed by atoms with Crippen molar-refractivity contribution in [1.82, 2.24) is 14.9 Å². The first kappa shape index (κ1) is 13.1. The Morgan fingerprint density at radius 2 is 2.35 bits per heavy atom. The summed E-state index contributed by atoms with van der Waals surface area (Å²) < 4.78 is 3.01. The van der Waals surface area contributed by atoms with E-state index >= 15 is 0 Å². The Morgan fingerprint density at radius 1 is 1.59 bits per heavy atom. The summed E-state index contributed by atoms with van der Waals surface area (Å²) in [5.74, 6) is 1.00. The fourth-order valence-electron chi connectivity index (χ4n) is 1.58. The van der Waals surface area contributed by atoms with E-state index in [1.165, 1.54) is 0 Å². The van der Waals surface area contributed by atoms with Crippen molar-refractivity contribution in [1.29, 1.82) is 0 Å². The molecule has 3 nitrogen and oxygen atoms in total. The molecule has 0 aliphatic heterocycles. The van der Waals surface area contributed by atoms with Crippen LogP contribution in [0.2, 0.25) is 5.15 Å². The number of imidazole rings is 1. The lowest BCUT2D eigenvalue weighted by atomic mass is 10.4. The molecule has 2 aromatic heterocycles. The zero-order valence-corrected chi connectivity index (χ0v) is 12.8. The molecule has 0 spiro atoms. The lowest BCUT2D eigenvalue weighted by Gasteiger charge is -2.00. The van der Waals surface area contributed by atoms with Crippen LogP contribution in [0.4, 0.5) is 0 Å². The van der Waals surface area contributed by atoms with Gasteiger partial charge in [-0.2, -0.15) is 0 Å². The SMILES string of the molecule is CNCCc1nc(-c2cc(Br)cs2)c(Cl)n1C. The molecule has 2 heterocycles. The highest BCUT2D eigenvalue weighted by atomic mass is 79.9. The second-order valence-electron chi connectivity index (χ2n) is 3.71. The molecule has 0 unspecified atom stereocenters. The van der Waals surface area contributed by atoms with Gasteiger partial charge in [-0.25, -0.2) is 4.98 Å². The Balaban J connectivity index is 2.35. The van der Waals surface area contributed by atoms with Crippen molar-refractivity contribution < 1.29 is 0 Å². The predicted octanol–water partition coefficient (Wildman–Crippen LogP) is 3.33. The maximum atomic E-state index is 6.31. The maximum Gasteiger partial charge on any atom is 0.137 e. The van der Waals surface area contributed by atoms with Crippen LogP contribution in [0.5, 0.6) is 0 Å². The fourth-order valence-corrected chi connectivity index (χ4v) is 3.29. The molecular formula is C11H13BrClN3S. The third-order valence-corrected chi connectivity index (χ3v) is 4.65. The molecule has 92 valence electrons. The molecule has 0 bridgehead atoms. The molecule has 0 saturated carbocycles. The molecule has 0 radical (unpaired) electrons. The Bertz CT molecular complexity index is 521. The van der Waals surface area contributed by atoms with Gasteiger partial charge >= 0.3 is 0 Å². The summed E-state index contributed by atoms with van der Waals surface area (Å²) in [6.07, 6.45) is 0.874. The smallest absolute Gasteiger partial charge is 0.137 e. The standard InChI is InChI=1S/C11H13BrClN3S/c1-14-4-3-9-15-10(11(13)16(9)2)8-5-7(12)6-17-8/h5-6,14H,3-4H2,1-2H3. The first-order chi connectivity index (χ1) is 8.13. The Kier molecular flexibility index (Phi) is 4.25. The number of nitrogens with one attached hydrogen (secondary N) is 1. The van der Waals surface area contributed by atoms with Gasteiger partial charge in [-0.15, -0.1) is 11.3 Å². The second kappa shape index (κ2) is 5.52. The predicted molar refractivity (Wildman–Crippen MR) is 76.9 cm³/mol. The number of aromatic nitrogens is 2. The molecule has 17 heavy (non-hydrogen) atoms. The molecule has 0 aliphatic rings. The summed E-state index contributed by atoms with van der Waals surface area (Å²) in [7, 11) is 3.88. The molecular weight excluding hydrogens is 322 g/mol. The highest BCUT2D eigenvalue weighted by Crippen LogP contribution is 2.34. The van der Waals surface area contributed by atoms with Gasteiger partial charge in [0.2, 0.25) is 0 Å². The first-order valence-corrected chi connectivity index (χ1v) is 7.28. The van der Waals surface area contributed by atoms with Crippen molar-refractivity contribution in [2.75, 3.05) is 13.6 Å². The van der Waals surface area contributed by atoms with E-state index in [-0.39, 0.29) is 0 Å². The van der Waals surface area contributed by atoms with Gasteiger partial charge in [-0.3, -0.25) is 0 Å². The van der Waals surface area contributed by atoms with Crippen molar-refractivity contribution in [3.8, 4) is 10.6 Å². The van der Waals surface area contributed by atoms with Crippen LogP contribution < -0.4 is 5.32 Å². The van der Waals surface area contributed by atoms with Crippen molar-refractivity contribution >= 4 is 38.9 Å². The van der Waals surface area contributed by atoms with Crippen molar-refractivity contribution in [3.63, 3.8) is 0 Å². The van der Waals surface area contributed by atoms with Crippen LogP contribution in [0.25, 0.3) is 10.6 Å². The number of hydrogen-bond acceptors (Lipinski definition) is 3. The summed E-state index contributed by atoms with van der Waals surface area (Å²) in [6.45, 7) is 0.898. The van der Waals surface area contributed by atoms with Crippen molar-refractivity contribution in [2.24, 2.45) is 7.05 Å². The van der Waals surface area contributed by atoms with Crippen molar-refractivity contribution in [3.05, 3.63) is 26.9 Å². The van der Waals surface area contributed by atoms with Crippen LogP contribution in [0.15, 0.2) is 15.9 Å². The topological polar surface area (TPSA) is 29.9 Å². The van der Waals surface area contributed by atoms with Gasteiger partial charge in [0.05, 0.1) is 4.88 Å². The van der Waals surface area contributed by atoms with Crippen LogP contribution in [0, 0.1) is 0 Å². The van der Waals surface area contributed by atoms with Gasteiger partial charge in [-0.1, -0.05) is 11.6 Å². The normalized spacial score (nSPS) is 11.1. The minimum absolute atomic E-state index is 0.699. The highest BCUT2D eigenvalue weighted by molar-refractivity contribution is 9.10. The van der Waals surface area contributed by atoms with Crippen LogP contribution in [0.1, 0.15) is 5.82 Å². The van der Waals surface area contributed by atoms with Gasteiger partial charge in [-0.05, 0) is 29.0 Å². The van der Waals surface area contributed by atoms with E-state index in [1.54, 1.807) is 11.3 Å². The second-order valence-corrected chi connectivity index (χ2v) is 5.89. The lowest BCUT2D eigenvalue weighted by Crippen LogP contribution is -2.13. The molecule has 0 aromatic carbocycles. The van der Waals surface area contributed by atoms with Crippen LogP contribution in [-0.2, 0) is 13.5 Å². The summed E-state index contributed by atoms with van der Waals surface area (Å²) in [6, 6.07) is 2.04. The number of nitrogens with zero attached hydrogens (tertiary/aromatic N) is 2. The molecule has 6 heteroatoms. The van der Waals surface area contributed by atoms with E-state index in [2.05, 4.69) is 26.2 Å². The number of likely N-dealkylation sites (N-methyl/N-ethyl adjacent to an activating group) is 1. The van der Waals surface area contributed by atoms with Crippen LogP contribution in [0.3, 0.4) is 0 Å². The molecule has 2 aromatic rings. The van der Waals surface area contributed by atoms with Crippen LogP contribution in [-0.4, -0.2) is 23.1 Å². The van der Waals surface area contributed by atoms with E-state index in [4.69, 9.17) is 11.6 Å². The van der Waals surface area contributed by atoms with E-state index in [1.807, 2.05) is 30.1 Å². The molecule has 0 atom stereocenters. The number of thiophene rings is 1. The van der Waals surface area contributed by atoms with E-state index in [0.29, 0.717) is 5.15 Å². The van der Waals surface area contributed by atoms with Crippen molar-refractivity contribution in [2.45, 2.75) is 6.42 Å². The van der Waals surface area contributed by atoms with Gasteiger partial charge in [0.1, 0.15) is 16.7 Å². The van der Waals surface area contributed by atoms with E-state index in [9.17, 15) is 0 Å². The molecule has 0 saturated heterocycles. The maximum absolute atomic E-state index is 6.31. The Hall–Kier alpha value is -0.360. The molecule has 1 N–H and O–H groups in total. The zero-order valence-electron chi connectivity index (χ0n) is 9.63. The van der Waals surface area contributed by atoms with Crippen LogP contribution >= 0.6 is 38.9 Å². The number of hydrogen-bond donors (Lipinski definition) is 1. The molecule has 0 amide bonds. The summed E-state index contributed by atoms with van der Waals surface area (Å²) in [5, 5.41) is 5.85. The quantitative estimate of drug-likeness (QED) is 0.929. The zero-order chi connectivity index (χ0) is 12.4. The highest BCUT2D eigenvalue weighted by Gasteiger charge is 2.15. The third-order valence-electron chi connectivity index (χ3n) is 2.52. The van der Waals surface area contributed by atoms with Gasteiger partial charge < -0.3 is 9.88 Å². The number of rotatable bonds is 4. The first-order valence-electron chi connectivity index (χ1n) is 5.23. The number of halogens is 2.